The summed E-state index contributed by atoms with van der Waals surface area (Å²) >= 11 is 11.2. The predicted octanol–water partition coefficient (Wildman–Crippen LogP) is 6.09. The fourth-order valence-electron chi connectivity index (χ4n) is 2.20. The Kier molecular flexibility index (Phi) is 7.40. The molecule has 0 atom stereocenters. The molecule has 2 aromatic carbocycles. The summed E-state index contributed by atoms with van der Waals surface area (Å²) in [6.07, 6.45) is 3.39. The van der Waals surface area contributed by atoms with E-state index in [2.05, 4.69) is 34.4 Å². The average molecular weight is 385 g/mol. The maximum absolute atomic E-state index is 12.2. The van der Waals surface area contributed by atoms with Gasteiger partial charge in [0.1, 0.15) is 5.75 Å². The van der Waals surface area contributed by atoms with E-state index < -0.39 is 6.61 Å². The molecule has 2 rings (SSSR count). The summed E-state index contributed by atoms with van der Waals surface area (Å²) in [6, 6.07) is 12.5. The van der Waals surface area contributed by atoms with Crippen molar-refractivity contribution in [2.75, 3.05) is 10.6 Å². The van der Waals surface area contributed by atoms with Gasteiger partial charge in [0.25, 0.3) is 0 Å². The fraction of sp³-hybridized carbons (Fsp3) is 0.278. The van der Waals surface area contributed by atoms with Gasteiger partial charge >= 0.3 is 6.61 Å². The average Bonchev–Trinajstić information content (AvgIpc) is 2.56. The normalized spacial score (nSPS) is 10.6. The van der Waals surface area contributed by atoms with Crippen LogP contribution in [0.2, 0.25) is 5.02 Å². The van der Waals surface area contributed by atoms with Gasteiger partial charge in [-0.2, -0.15) is 8.78 Å². The van der Waals surface area contributed by atoms with Gasteiger partial charge in [-0.3, -0.25) is 0 Å². The van der Waals surface area contributed by atoms with Gasteiger partial charge in [-0.15, -0.1) is 0 Å². The summed E-state index contributed by atoms with van der Waals surface area (Å²) in [7, 11) is 0. The summed E-state index contributed by atoms with van der Waals surface area (Å²) in [6.45, 7) is -0.752. The molecule has 2 N–H and O–H groups in total. The lowest BCUT2D eigenvalue weighted by molar-refractivity contribution is -0.0497. The molecule has 0 spiro atoms. The first-order valence-electron chi connectivity index (χ1n) is 7.89. The van der Waals surface area contributed by atoms with Crippen LogP contribution in [0.3, 0.4) is 0 Å². The minimum Gasteiger partial charge on any atom is -0.433 e. The fourth-order valence-corrected chi connectivity index (χ4v) is 2.66. The lowest BCUT2D eigenvalue weighted by Crippen LogP contribution is -2.19. The van der Waals surface area contributed by atoms with E-state index in [0.717, 1.165) is 18.5 Å². The van der Waals surface area contributed by atoms with Crippen LogP contribution in [0.15, 0.2) is 42.5 Å². The van der Waals surface area contributed by atoms with Gasteiger partial charge < -0.3 is 15.4 Å². The number of unbranched alkanes of at least 4 members (excludes halogenated alkanes) is 1. The SMILES string of the molecule is CCCCc1ccc(NC(=S)Nc2ccc(OC(F)F)c(Cl)c2)cc1. The van der Waals surface area contributed by atoms with E-state index in [1.165, 1.54) is 24.1 Å². The van der Waals surface area contributed by atoms with Gasteiger partial charge in [-0.25, -0.2) is 0 Å². The van der Waals surface area contributed by atoms with Crippen molar-refractivity contribution in [3.8, 4) is 5.75 Å². The molecule has 0 heterocycles. The first-order chi connectivity index (χ1) is 12.0. The van der Waals surface area contributed by atoms with Crippen LogP contribution >= 0.6 is 23.8 Å². The second kappa shape index (κ2) is 9.53. The minimum absolute atomic E-state index is 0.0772. The van der Waals surface area contributed by atoms with E-state index in [0.29, 0.717) is 10.8 Å². The number of nitrogens with one attached hydrogen (secondary N) is 2. The van der Waals surface area contributed by atoms with Crippen LogP contribution in [0.25, 0.3) is 0 Å². The number of ether oxygens (including phenoxy) is 1. The zero-order valence-corrected chi connectivity index (χ0v) is 15.3. The van der Waals surface area contributed by atoms with Gasteiger partial charge in [-0.1, -0.05) is 37.1 Å². The van der Waals surface area contributed by atoms with Crippen LogP contribution in [0.1, 0.15) is 25.3 Å². The van der Waals surface area contributed by atoms with Gasteiger partial charge in [0.05, 0.1) is 5.02 Å². The first kappa shape index (κ1) is 19.4. The van der Waals surface area contributed by atoms with Crippen LogP contribution in [0, 0.1) is 0 Å². The highest BCUT2D eigenvalue weighted by Gasteiger charge is 2.09. The summed E-state index contributed by atoms with van der Waals surface area (Å²) in [5, 5.41) is 6.47. The molecular weight excluding hydrogens is 366 g/mol. The number of hydrogen-bond donors (Lipinski definition) is 2. The predicted molar refractivity (Wildman–Crippen MR) is 103 cm³/mol. The Morgan fingerprint density at radius 2 is 1.76 bits per heavy atom. The highest BCUT2D eigenvalue weighted by Crippen LogP contribution is 2.29. The molecular formula is C18H19ClF2N2OS. The Labute approximate surface area is 156 Å². The zero-order chi connectivity index (χ0) is 18.2. The molecule has 0 bridgehead atoms. The highest BCUT2D eigenvalue weighted by atomic mass is 35.5. The maximum Gasteiger partial charge on any atom is 0.387 e. The van der Waals surface area contributed by atoms with E-state index in [1.54, 1.807) is 6.07 Å². The van der Waals surface area contributed by atoms with Gasteiger partial charge in [0, 0.05) is 11.4 Å². The van der Waals surface area contributed by atoms with Crippen molar-refractivity contribution in [1.29, 1.82) is 0 Å². The van der Waals surface area contributed by atoms with E-state index in [1.807, 2.05) is 12.1 Å². The van der Waals surface area contributed by atoms with Crippen molar-refractivity contribution in [3.63, 3.8) is 0 Å². The monoisotopic (exact) mass is 384 g/mol. The molecule has 0 saturated carbocycles. The van der Waals surface area contributed by atoms with E-state index in [9.17, 15) is 8.78 Å². The highest BCUT2D eigenvalue weighted by molar-refractivity contribution is 7.80. The van der Waals surface area contributed by atoms with E-state index >= 15 is 0 Å². The summed E-state index contributed by atoms with van der Waals surface area (Å²) in [5.74, 6) is -0.0798. The van der Waals surface area contributed by atoms with Crippen molar-refractivity contribution in [2.45, 2.75) is 32.8 Å². The summed E-state index contributed by atoms with van der Waals surface area (Å²) in [4.78, 5) is 0. The number of halogens is 3. The van der Waals surface area contributed by atoms with Crippen molar-refractivity contribution in [1.82, 2.24) is 0 Å². The quantitative estimate of drug-likeness (QED) is 0.565. The van der Waals surface area contributed by atoms with Crippen molar-refractivity contribution in [2.24, 2.45) is 0 Å². The van der Waals surface area contributed by atoms with Crippen molar-refractivity contribution in [3.05, 3.63) is 53.1 Å². The molecule has 0 amide bonds. The largest absolute Gasteiger partial charge is 0.433 e. The molecule has 0 aromatic heterocycles. The lowest BCUT2D eigenvalue weighted by Gasteiger charge is -2.13. The molecule has 0 aliphatic rings. The van der Waals surface area contributed by atoms with Gasteiger partial charge in [0.2, 0.25) is 0 Å². The number of aryl methyl sites for hydroxylation is 1. The first-order valence-corrected chi connectivity index (χ1v) is 8.68. The second-order valence-corrected chi connectivity index (χ2v) is 6.22. The zero-order valence-electron chi connectivity index (χ0n) is 13.7. The molecule has 0 aliphatic carbocycles. The molecule has 0 saturated heterocycles. The molecule has 25 heavy (non-hydrogen) atoms. The van der Waals surface area contributed by atoms with Crippen molar-refractivity contribution < 1.29 is 13.5 Å². The van der Waals surface area contributed by atoms with Crippen molar-refractivity contribution >= 4 is 40.3 Å². The smallest absolute Gasteiger partial charge is 0.387 e. The molecule has 0 unspecified atom stereocenters. The maximum atomic E-state index is 12.2. The molecule has 0 radical (unpaired) electrons. The van der Waals surface area contributed by atoms with Crippen LogP contribution in [0.4, 0.5) is 20.2 Å². The number of anilines is 2. The molecule has 2 aromatic rings. The molecule has 0 aliphatic heterocycles. The van der Waals surface area contributed by atoms with Crippen LogP contribution in [-0.4, -0.2) is 11.7 Å². The van der Waals surface area contributed by atoms with E-state index in [-0.39, 0.29) is 10.8 Å². The molecule has 3 nitrogen and oxygen atoms in total. The van der Waals surface area contributed by atoms with Gasteiger partial charge in [-0.05, 0) is 61.0 Å². The second-order valence-electron chi connectivity index (χ2n) is 5.40. The van der Waals surface area contributed by atoms with E-state index in [4.69, 9.17) is 23.8 Å². The number of alkyl halides is 2. The Hall–Kier alpha value is -1.92. The summed E-state index contributed by atoms with van der Waals surface area (Å²) < 4.78 is 28.7. The molecule has 134 valence electrons. The van der Waals surface area contributed by atoms with Crippen LogP contribution in [-0.2, 0) is 6.42 Å². The number of thiocarbonyl (C=S) groups is 1. The standard InChI is InChI=1S/C18H19ClF2N2OS/c1-2-3-4-12-5-7-13(8-6-12)22-18(25)23-14-9-10-16(15(19)11-14)24-17(20)21/h5-11,17H,2-4H2,1H3,(H2,22,23,25). The minimum atomic E-state index is -2.92. The third-order valence-corrected chi connectivity index (χ3v) is 3.94. The lowest BCUT2D eigenvalue weighted by atomic mass is 10.1. The number of hydrogen-bond acceptors (Lipinski definition) is 2. The van der Waals surface area contributed by atoms with Crippen LogP contribution in [0.5, 0.6) is 5.75 Å². The summed E-state index contributed by atoms with van der Waals surface area (Å²) in [5.41, 5.74) is 2.72. The van der Waals surface area contributed by atoms with Gasteiger partial charge in [0.15, 0.2) is 5.11 Å². The Morgan fingerprint density at radius 1 is 1.12 bits per heavy atom. The van der Waals surface area contributed by atoms with Crippen LogP contribution < -0.4 is 15.4 Å². The molecule has 0 fully saturated rings. The number of rotatable bonds is 7. The molecule has 7 heteroatoms. The Balaban J connectivity index is 1.92. The Bertz CT molecular complexity index is 711. The third-order valence-electron chi connectivity index (χ3n) is 3.44. The Morgan fingerprint density at radius 3 is 2.36 bits per heavy atom. The number of benzene rings is 2. The third kappa shape index (κ3) is 6.48. The topological polar surface area (TPSA) is 33.3 Å².